The number of fused-ring (bicyclic) bond motifs is 2. The van der Waals surface area contributed by atoms with Crippen LogP contribution in [0, 0.1) is 11.6 Å². The van der Waals surface area contributed by atoms with Gasteiger partial charge in [-0.2, -0.15) is 0 Å². The molecule has 2 heterocycles. The normalized spacial score (nSPS) is 17.3. The van der Waals surface area contributed by atoms with Gasteiger partial charge >= 0.3 is 6.03 Å². The maximum atomic E-state index is 14.0. The largest absolute Gasteiger partial charge is 0.488 e. The topological polar surface area (TPSA) is 79.9 Å². The minimum absolute atomic E-state index is 0.0438. The SMILES string of the molecule is O=C1C=C(Nc2ccc(F)cc2F)C=C2OCc3cc(NC(=O)N4CCOCC4)ccc3C=C12. The van der Waals surface area contributed by atoms with Crippen molar-refractivity contribution >= 4 is 29.3 Å². The van der Waals surface area contributed by atoms with E-state index in [2.05, 4.69) is 10.6 Å². The van der Waals surface area contributed by atoms with E-state index in [4.69, 9.17) is 9.47 Å². The van der Waals surface area contributed by atoms with E-state index in [-0.39, 0.29) is 24.1 Å². The third-order valence-electron chi connectivity index (χ3n) is 5.69. The molecule has 2 amide bonds. The first kappa shape index (κ1) is 21.8. The first-order valence-corrected chi connectivity index (χ1v) is 10.8. The molecule has 0 aromatic heterocycles. The molecule has 2 aliphatic heterocycles. The van der Waals surface area contributed by atoms with E-state index < -0.39 is 11.6 Å². The van der Waals surface area contributed by atoms with Crippen molar-refractivity contribution in [1.82, 2.24) is 4.90 Å². The van der Waals surface area contributed by atoms with Crippen LogP contribution in [0.25, 0.3) is 6.08 Å². The number of ether oxygens (including phenoxy) is 2. The van der Waals surface area contributed by atoms with E-state index in [0.29, 0.717) is 49.0 Å². The Morgan fingerprint density at radius 1 is 1.00 bits per heavy atom. The number of anilines is 2. The molecule has 7 nitrogen and oxygen atoms in total. The molecule has 0 spiro atoms. The second kappa shape index (κ2) is 9.11. The van der Waals surface area contributed by atoms with E-state index in [1.165, 1.54) is 12.1 Å². The number of nitrogens with one attached hydrogen (secondary N) is 2. The number of urea groups is 1. The highest BCUT2D eigenvalue weighted by Crippen LogP contribution is 2.32. The first-order valence-electron chi connectivity index (χ1n) is 10.8. The summed E-state index contributed by atoms with van der Waals surface area (Å²) in [6.45, 7) is 2.27. The summed E-state index contributed by atoms with van der Waals surface area (Å²) in [5, 5.41) is 5.69. The van der Waals surface area contributed by atoms with Crippen molar-refractivity contribution in [2.45, 2.75) is 6.61 Å². The molecule has 0 unspecified atom stereocenters. The zero-order chi connectivity index (χ0) is 23.7. The Bertz CT molecular complexity index is 1260. The van der Waals surface area contributed by atoms with Gasteiger partial charge in [-0.3, -0.25) is 4.79 Å². The summed E-state index contributed by atoms with van der Waals surface area (Å²) in [6, 6.07) is 8.36. The standard InChI is InChI=1S/C25H21F2N3O4/c26-17-2-4-22(21(27)11-17)28-19-12-23(31)20-10-15-1-3-18(9-16(15)14-34-24(20)13-19)29-25(32)30-5-7-33-8-6-30/h1-4,9-13,28H,5-8,14H2,(H,29,32). The molecular formula is C25H21F2N3O4. The Balaban J connectivity index is 1.33. The van der Waals surface area contributed by atoms with Gasteiger partial charge < -0.3 is 25.0 Å². The van der Waals surface area contributed by atoms with Crippen LogP contribution in [-0.4, -0.2) is 43.0 Å². The van der Waals surface area contributed by atoms with Gasteiger partial charge in [0.25, 0.3) is 0 Å². The van der Waals surface area contributed by atoms with Crippen molar-refractivity contribution in [1.29, 1.82) is 0 Å². The van der Waals surface area contributed by atoms with Crippen LogP contribution < -0.4 is 10.6 Å². The molecular weight excluding hydrogens is 444 g/mol. The molecule has 0 saturated carbocycles. The fraction of sp³-hybridized carbons (Fsp3) is 0.200. The van der Waals surface area contributed by atoms with Crippen LogP contribution in [0.4, 0.5) is 25.0 Å². The lowest BCUT2D eigenvalue weighted by Crippen LogP contribution is -2.43. The van der Waals surface area contributed by atoms with Crippen LogP contribution in [-0.2, 0) is 20.9 Å². The number of nitrogens with zero attached hydrogens (tertiary/aromatic N) is 1. The first-order chi connectivity index (χ1) is 16.5. The number of benzene rings is 2. The quantitative estimate of drug-likeness (QED) is 0.710. The lowest BCUT2D eigenvalue weighted by molar-refractivity contribution is -0.111. The molecule has 0 bridgehead atoms. The number of halogens is 2. The summed E-state index contributed by atoms with van der Waals surface area (Å²) in [7, 11) is 0. The molecule has 174 valence electrons. The van der Waals surface area contributed by atoms with Crippen LogP contribution in [0.1, 0.15) is 11.1 Å². The molecule has 1 saturated heterocycles. The molecule has 2 N–H and O–H groups in total. The molecule has 34 heavy (non-hydrogen) atoms. The van der Waals surface area contributed by atoms with Crippen molar-refractivity contribution in [3.63, 3.8) is 0 Å². The van der Waals surface area contributed by atoms with Gasteiger partial charge in [-0.15, -0.1) is 0 Å². The number of hydrogen-bond donors (Lipinski definition) is 2. The minimum Gasteiger partial charge on any atom is -0.488 e. The Morgan fingerprint density at radius 3 is 2.62 bits per heavy atom. The summed E-state index contributed by atoms with van der Waals surface area (Å²) in [5.41, 5.74) is 2.96. The zero-order valence-corrected chi connectivity index (χ0v) is 18.1. The zero-order valence-electron chi connectivity index (χ0n) is 18.1. The van der Waals surface area contributed by atoms with Crippen molar-refractivity contribution in [2.75, 3.05) is 36.9 Å². The Labute approximate surface area is 194 Å². The highest BCUT2D eigenvalue weighted by Gasteiger charge is 2.24. The van der Waals surface area contributed by atoms with E-state index in [1.807, 2.05) is 12.1 Å². The van der Waals surface area contributed by atoms with Gasteiger partial charge in [-0.25, -0.2) is 13.6 Å². The van der Waals surface area contributed by atoms with Crippen LogP contribution in [0.5, 0.6) is 0 Å². The maximum absolute atomic E-state index is 14.0. The van der Waals surface area contributed by atoms with Crippen molar-refractivity contribution in [2.24, 2.45) is 0 Å². The average Bonchev–Trinajstić information content (AvgIpc) is 3.01. The summed E-state index contributed by atoms with van der Waals surface area (Å²) < 4.78 is 38.4. The van der Waals surface area contributed by atoms with Gasteiger partial charge in [0.05, 0.1) is 24.5 Å². The van der Waals surface area contributed by atoms with Crippen molar-refractivity contribution in [3.8, 4) is 0 Å². The predicted octanol–water partition coefficient (Wildman–Crippen LogP) is 4.21. The second-order valence-corrected chi connectivity index (χ2v) is 8.01. The Morgan fingerprint density at radius 2 is 1.82 bits per heavy atom. The average molecular weight is 465 g/mol. The minimum atomic E-state index is -0.770. The number of ketones is 1. The van der Waals surface area contributed by atoms with Gasteiger partial charge in [0.1, 0.15) is 24.0 Å². The van der Waals surface area contributed by atoms with E-state index in [1.54, 1.807) is 23.1 Å². The molecule has 3 aliphatic rings. The molecule has 0 radical (unpaired) electrons. The Hall–Kier alpha value is -3.98. The lowest BCUT2D eigenvalue weighted by atomic mass is 9.98. The van der Waals surface area contributed by atoms with E-state index >= 15 is 0 Å². The third kappa shape index (κ3) is 4.55. The number of hydrogen-bond acceptors (Lipinski definition) is 5. The van der Waals surface area contributed by atoms with Crippen molar-refractivity contribution in [3.05, 3.63) is 88.3 Å². The second-order valence-electron chi connectivity index (χ2n) is 8.01. The molecule has 0 atom stereocenters. The molecule has 1 aliphatic carbocycles. The van der Waals surface area contributed by atoms with Crippen LogP contribution >= 0.6 is 0 Å². The summed E-state index contributed by atoms with van der Waals surface area (Å²) in [5.74, 6) is -1.42. The van der Waals surface area contributed by atoms with Gasteiger partial charge in [0, 0.05) is 42.7 Å². The van der Waals surface area contributed by atoms with E-state index in [9.17, 15) is 18.4 Å². The molecule has 9 heteroatoms. The number of carbonyl (C=O) groups is 2. The number of carbonyl (C=O) groups excluding carboxylic acids is 2. The monoisotopic (exact) mass is 465 g/mol. The predicted molar refractivity (Wildman–Crippen MR) is 122 cm³/mol. The number of rotatable bonds is 3. The van der Waals surface area contributed by atoms with E-state index in [0.717, 1.165) is 23.3 Å². The highest BCUT2D eigenvalue weighted by molar-refractivity contribution is 6.12. The fourth-order valence-electron chi connectivity index (χ4n) is 3.91. The van der Waals surface area contributed by atoms with Gasteiger partial charge in [-0.05, 0) is 41.5 Å². The smallest absolute Gasteiger partial charge is 0.321 e. The van der Waals surface area contributed by atoms with Gasteiger partial charge in [0.15, 0.2) is 5.78 Å². The molecule has 5 rings (SSSR count). The highest BCUT2D eigenvalue weighted by atomic mass is 19.1. The number of allylic oxidation sites excluding steroid dienone is 3. The molecule has 2 aromatic carbocycles. The van der Waals surface area contributed by atoms with Gasteiger partial charge in [0.2, 0.25) is 0 Å². The van der Waals surface area contributed by atoms with Gasteiger partial charge in [-0.1, -0.05) is 6.07 Å². The summed E-state index contributed by atoms with van der Waals surface area (Å²) in [4.78, 5) is 27.0. The third-order valence-corrected chi connectivity index (χ3v) is 5.69. The molecule has 1 fully saturated rings. The Kier molecular flexibility index (Phi) is 5.85. The fourth-order valence-corrected chi connectivity index (χ4v) is 3.91. The summed E-state index contributed by atoms with van der Waals surface area (Å²) in [6.07, 6.45) is 4.67. The van der Waals surface area contributed by atoms with Crippen LogP contribution in [0.3, 0.4) is 0 Å². The van der Waals surface area contributed by atoms with Crippen LogP contribution in [0.2, 0.25) is 0 Å². The lowest BCUT2D eigenvalue weighted by Gasteiger charge is -2.27. The van der Waals surface area contributed by atoms with Crippen molar-refractivity contribution < 1.29 is 27.8 Å². The summed E-state index contributed by atoms with van der Waals surface area (Å²) >= 11 is 0. The number of amides is 2. The maximum Gasteiger partial charge on any atom is 0.321 e. The molecule has 2 aromatic rings. The number of morpholine rings is 1. The van der Waals surface area contributed by atoms with Crippen LogP contribution in [0.15, 0.2) is 65.6 Å².